The fourth-order valence-electron chi connectivity index (χ4n) is 3.29. The number of halogens is 4. The van der Waals surface area contributed by atoms with Crippen LogP contribution in [0.15, 0.2) is 42.7 Å². The molecule has 12 heteroatoms. The van der Waals surface area contributed by atoms with Gasteiger partial charge in [-0.1, -0.05) is 18.2 Å². The largest absolute Gasteiger partial charge is 0.433 e. The van der Waals surface area contributed by atoms with Gasteiger partial charge in [0.15, 0.2) is 11.3 Å². The molecule has 32 heavy (non-hydrogen) atoms. The maximum absolute atomic E-state index is 13.8. The zero-order valence-electron chi connectivity index (χ0n) is 16.3. The molecule has 0 aliphatic heterocycles. The SMILES string of the molecule is O=C(Nc1ncn(Cc2ccccc2F)n1)c1cc2nc(C3CC3)cc(C(F)(F)F)n2n1. The minimum Gasteiger partial charge on any atom is -0.288 e. The summed E-state index contributed by atoms with van der Waals surface area (Å²) in [6, 6.07) is 8.31. The highest BCUT2D eigenvalue weighted by atomic mass is 19.4. The second-order valence-corrected chi connectivity index (χ2v) is 7.45. The summed E-state index contributed by atoms with van der Waals surface area (Å²) in [5, 5.41) is 10.2. The van der Waals surface area contributed by atoms with Crippen molar-refractivity contribution in [3.05, 3.63) is 71.2 Å². The van der Waals surface area contributed by atoms with Crippen LogP contribution in [0.4, 0.5) is 23.5 Å². The Bertz CT molecular complexity index is 1320. The number of anilines is 1. The van der Waals surface area contributed by atoms with Gasteiger partial charge in [0.25, 0.3) is 5.91 Å². The van der Waals surface area contributed by atoms with Crippen molar-refractivity contribution in [3.63, 3.8) is 0 Å². The van der Waals surface area contributed by atoms with Gasteiger partial charge in [-0.15, -0.1) is 5.10 Å². The zero-order chi connectivity index (χ0) is 22.5. The summed E-state index contributed by atoms with van der Waals surface area (Å²) in [6.45, 7) is 0.0900. The molecule has 3 heterocycles. The number of carbonyl (C=O) groups is 1. The van der Waals surface area contributed by atoms with Gasteiger partial charge in [0.05, 0.1) is 6.54 Å². The average Bonchev–Trinajstić information content (AvgIpc) is 3.35. The molecular formula is C20H15F4N7O. The van der Waals surface area contributed by atoms with Crippen molar-refractivity contribution in [2.75, 3.05) is 5.32 Å². The number of amides is 1. The number of fused-ring (bicyclic) bond motifs is 1. The minimum absolute atomic E-state index is 0.00380. The molecule has 1 aromatic carbocycles. The van der Waals surface area contributed by atoms with E-state index in [0.717, 1.165) is 18.9 Å². The fraction of sp³-hybridized carbons (Fsp3) is 0.250. The summed E-state index contributed by atoms with van der Waals surface area (Å²) in [7, 11) is 0. The van der Waals surface area contributed by atoms with Crippen LogP contribution in [0.3, 0.4) is 0 Å². The fourth-order valence-corrected chi connectivity index (χ4v) is 3.29. The van der Waals surface area contributed by atoms with Crippen LogP contribution in [0.5, 0.6) is 0 Å². The van der Waals surface area contributed by atoms with Gasteiger partial charge < -0.3 is 0 Å². The van der Waals surface area contributed by atoms with Gasteiger partial charge in [-0.2, -0.15) is 18.3 Å². The lowest BCUT2D eigenvalue weighted by atomic mass is 10.2. The quantitative estimate of drug-likeness (QED) is 0.474. The molecule has 0 atom stereocenters. The number of hydrogen-bond acceptors (Lipinski definition) is 5. The maximum atomic E-state index is 13.8. The van der Waals surface area contributed by atoms with Crippen LogP contribution < -0.4 is 5.32 Å². The number of aromatic nitrogens is 6. The molecule has 1 fully saturated rings. The molecule has 8 nitrogen and oxygen atoms in total. The van der Waals surface area contributed by atoms with E-state index in [1.807, 2.05) is 0 Å². The van der Waals surface area contributed by atoms with E-state index < -0.39 is 23.6 Å². The third kappa shape index (κ3) is 3.90. The van der Waals surface area contributed by atoms with Crippen molar-refractivity contribution >= 4 is 17.5 Å². The number of benzene rings is 1. The van der Waals surface area contributed by atoms with Crippen molar-refractivity contribution in [2.45, 2.75) is 31.5 Å². The molecule has 1 amide bonds. The molecule has 4 aromatic rings. The molecule has 164 valence electrons. The lowest BCUT2D eigenvalue weighted by Gasteiger charge is -2.10. The normalized spacial score (nSPS) is 14.1. The number of alkyl halides is 3. The van der Waals surface area contributed by atoms with E-state index in [0.29, 0.717) is 15.8 Å². The molecule has 1 aliphatic rings. The topological polar surface area (TPSA) is 90.0 Å². The first-order valence-corrected chi connectivity index (χ1v) is 9.70. The minimum atomic E-state index is -4.66. The number of carbonyl (C=O) groups excluding carboxylic acids is 1. The van der Waals surface area contributed by atoms with Crippen LogP contribution >= 0.6 is 0 Å². The molecule has 0 bridgehead atoms. The highest BCUT2D eigenvalue weighted by Crippen LogP contribution is 2.41. The van der Waals surface area contributed by atoms with Crippen LogP contribution in [-0.2, 0) is 12.7 Å². The summed E-state index contributed by atoms with van der Waals surface area (Å²) >= 11 is 0. The second kappa shape index (κ2) is 7.39. The van der Waals surface area contributed by atoms with Crippen molar-refractivity contribution in [2.24, 2.45) is 0 Å². The van der Waals surface area contributed by atoms with Crippen LogP contribution in [0.25, 0.3) is 5.65 Å². The van der Waals surface area contributed by atoms with Crippen molar-refractivity contribution < 1.29 is 22.4 Å². The van der Waals surface area contributed by atoms with Gasteiger partial charge in [-0.05, 0) is 25.0 Å². The van der Waals surface area contributed by atoms with Gasteiger partial charge >= 0.3 is 6.18 Å². The molecule has 0 radical (unpaired) electrons. The molecule has 3 aromatic heterocycles. The third-order valence-electron chi connectivity index (χ3n) is 5.02. The monoisotopic (exact) mass is 445 g/mol. The van der Waals surface area contributed by atoms with E-state index in [9.17, 15) is 22.4 Å². The second-order valence-electron chi connectivity index (χ2n) is 7.45. The van der Waals surface area contributed by atoms with E-state index in [1.54, 1.807) is 18.2 Å². The Labute approximate surface area is 177 Å². The Morgan fingerprint density at radius 1 is 1.16 bits per heavy atom. The van der Waals surface area contributed by atoms with E-state index in [4.69, 9.17) is 0 Å². The summed E-state index contributed by atoms with van der Waals surface area (Å²) < 4.78 is 56.3. The van der Waals surface area contributed by atoms with E-state index in [-0.39, 0.29) is 29.8 Å². The number of hydrogen-bond donors (Lipinski definition) is 1. The van der Waals surface area contributed by atoms with Gasteiger partial charge in [0.1, 0.15) is 17.8 Å². The van der Waals surface area contributed by atoms with Gasteiger partial charge in [-0.3, -0.25) is 10.1 Å². The Kier molecular flexibility index (Phi) is 4.64. The Morgan fingerprint density at radius 2 is 1.94 bits per heavy atom. The highest BCUT2D eigenvalue weighted by molar-refractivity contribution is 6.02. The predicted molar refractivity (Wildman–Crippen MR) is 103 cm³/mol. The molecule has 1 aliphatic carbocycles. The molecule has 0 saturated heterocycles. The molecule has 1 saturated carbocycles. The Morgan fingerprint density at radius 3 is 2.66 bits per heavy atom. The summed E-state index contributed by atoms with van der Waals surface area (Å²) in [5.74, 6) is -1.29. The number of nitrogens with zero attached hydrogens (tertiary/aromatic N) is 6. The van der Waals surface area contributed by atoms with Crippen molar-refractivity contribution in [1.29, 1.82) is 0 Å². The Balaban J connectivity index is 1.38. The first-order chi connectivity index (χ1) is 15.3. The number of nitrogens with one attached hydrogen (secondary N) is 1. The van der Waals surface area contributed by atoms with Gasteiger partial charge in [0.2, 0.25) is 5.95 Å². The molecular weight excluding hydrogens is 430 g/mol. The Hall–Kier alpha value is -3.83. The molecule has 5 rings (SSSR count). The van der Waals surface area contributed by atoms with Crippen LogP contribution in [0.2, 0.25) is 0 Å². The molecule has 1 N–H and O–H groups in total. The first kappa shape index (κ1) is 20.1. The highest BCUT2D eigenvalue weighted by Gasteiger charge is 2.37. The van der Waals surface area contributed by atoms with E-state index >= 15 is 0 Å². The van der Waals surface area contributed by atoms with Gasteiger partial charge in [0, 0.05) is 23.2 Å². The third-order valence-corrected chi connectivity index (χ3v) is 5.02. The summed E-state index contributed by atoms with van der Waals surface area (Å²) in [5.41, 5.74) is -0.597. The molecule has 0 unspecified atom stereocenters. The van der Waals surface area contributed by atoms with Crippen LogP contribution in [0, 0.1) is 5.82 Å². The standard InChI is InChI=1S/C20H15F4N7O/c21-13-4-2-1-3-12(13)9-30-10-25-19(29-30)27-18(32)15-8-17-26-14(11-5-6-11)7-16(20(22,23)24)31(17)28-15/h1-4,7-8,10-11H,5-6,9H2,(H,27,29,32). The zero-order valence-corrected chi connectivity index (χ0v) is 16.3. The van der Waals surface area contributed by atoms with Crippen LogP contribution in [0.1, 0.15) is 46.2 Å². The average molecular weight is 445 g/mol. The maximum Gasteiger partial charge on any atom is 0.433 e. The summed E-state index contributed by atoms with van der Waals surface area (Å²) in [6.07, 6.45) is -1.79. The predicted octanol–water partition coefficient (Wildman–Crippen LogP) is 3.66. The van der Waals surface area contributed by atoms with E-state index in [2.05, 4.69) is 25.5 Å². The first-order valence-electron chi connectivity index (χ1n) is 9.70. The smallest absolute Gasteiger partial charge is 0.288 e. The van der Waals surface area contributed by atoms with Crippen LogP contribution in [-0.4, -0.2) is 35.3 Å². The van der Waals surface area contributed by atoms with Gasteiger partial charge in [-0.25, -0.2) is 23.6 Å². The lowest BCUT2D eigenvalue weighted by molar-refractivity contribution is -0.142. The van der Waals surface area contributed by atoms with Crippen molar-refractivity contribution in [1.82, 2.24) is 29.4 Å². The lowest BCUT2D eigenvalue weighted by Crippen LogP contribution is -2.16. The summed E-state index contributed by atoms with van der Waals surface area (Å²) in [4.78, 5) is 20.7. The van der Waals surface area contributed by atoms with Crippen molar-refractivity contribution in [3.8, 4) is 0 Å². The molecule has 0 spiro atoms. The number of rotatable bonds is 5. The van der Waals surface area contributed by atoms with E-state index in [1.165, 1.54) is 23.1 Å².